The Morgan fingerprint density at radius 2 is 2.12 bits per heavy atom. The molecule has 5 heteroatoms. The smallest absolute Gasteiger partial charge is 0.118 e. The van der Waals surface area contributed by atoms with Crippen molar-refractivity contribution in [3.8, 4) is 0 Å². The van der Waals surface area contributed by atoms with Gasteiger partial charge in [0.25, 0.3) is 0 Å². The van der Waals surface area contributed by atoms with Crippen molar-refractivity contribution in [2.24, 2.45) is 16.6 Å². The van der Waals surface area contributed by atoms with Gasteiger partial charge in [-0.2, -0.15) is 5.10 Å². The molecule has 0 aliphatic carbocycles. The summed E-state index contributed by atoms with van der Waals surface area (Å²) in [5, 5.41) is 7.82. The predicted molar refractivity (Wildman–Crippen MR) is 102 cm³/mol. The van der Waals surface area contributed by atoms with Gasteiger partial charge in [0.2, 0.25) is 0 Å². The molecular formula is C19H27N5. The van der Waals surface area contributed by atoms with Gasteiger partial charge in [-0.25, -0.2) is 9.51 Å². The highest BCUT2D eigenvalue weighted by Gasteiger charge is 2.15. The van der Waals surface area contributed by atoms with Crippen LogP contribution in [-0.2, 0) is 6.42 Å². The molecule has 0 atom stereocenters. The van der Waals surface area contributed by atoms with Gasteiger partial charge in [-0.05, 0) is 44.4 Å². The van der Waals surface area contributed by atoms with Gasteiger partial charge in [-0.1, -0.05) is 26.5 Å². The highest BCUT2D eigenvalue weighted by molar-refractivity contribution is 5.88. The van der Waals surface area contributed by atoms with E-state index in [0.29, 0.717) is 23.5 Å². The number of pyridine rings is 1. The number of hydrogen-bond acceptors (Lipinski definition) is 4. The number of fused-ring (bicyclic) bond motifs is 1. The van der Waals surface area contributed by atoms with Gasteiger partial charge >= 0.3 is 0 Å². The zero-order valence-corrected chi connectivity index (χ0v) is 15.0. The van der Waals surface area contributed by atoms with Crippen LogP contribution in [-0.4, -0.2) is 21.9 Å². The number of aliphatic imine (C=N–C) groups is 1. The highest BCUT2D eigenvalue weighted by Crippen LogP contribution is 2.23. The first kappa shape index (κ1) is 17.8. The summed E-state index contributed by atoms with van der Waals surface area (Å²) < 4.78 is 1.88. The fourth-order valence-corrected chi connectivity index (χ4v) is 2.55. The van der Waals surface area contributed by atoms with Crippen LogP contribution in [0.5, 0.6) is 0 Å². The molecule has 5 nitrogen and oxygen atoms in total. The van der Waals surface area contributed by atoms with Gasteiger partial charge in [0, 0.05) is 29.7 Å². The van der Waals surface area contributed by atoms with Gasteiger partial charge in [-0.3, -0.25) is 0 Å². The number of rotatable bonds is 7. The van der Waals surface area contributed by atoms with E-state index in [0.717, 1.165) is 23.2 Å². The summed E-state index contributed by atoms with van der Waals surface area (Å²) in [6, 6.07) is 6.29. The maximum atomic E-state index is 6.34. The lowest BCUT2D eigenvalue weighted by Crippen LogP contribution is -2.20. The van der Waals surface area contributed by atoms with Gasteiger partial charge in [0.1, 0.15) is 5.82 Å². The number of nitrogens with two attached hydrogens (primary N) is 1. The molecule has 0 aliphatic heterocycles. The summed E-state index contributed by atoms with van der Waals surface area (Å²) in [4.78, 5) is 4.27. The van der Waals surface area contributed by atoms with E-state index < -0.39 is 0 Å². The zero-order valence-electron chi connectivity index (χ0n) is 15.0. The lowest BCUT2D eigenvalue weighted by atomic mass is 10.0. The summed E-state index contributed by atoms with van der Waals surface area (Å²) in [6.45, 7) is 12.3. The number of allylic oxidation sites excluding steroid dienone is 1. The molecule has 0 saturated heterocycles. The second-order valence-electron chi connectivity index (χ2n) is 6.60. The van der Waals surface area contributed by atoms with E-state index >= 15 is 0 Å². The third kappa shape index (κ3) is 4.47. The molecule has 0 spiro atoms. The Hall–Kier alpha value is -2.56. The highest BCUT2D eigenvalue weighted by atomic mass is 15.2. The first-order valence-electron chi connectivity index (χ1n) is 8.30. The summed E-state index contributed by atoms with van der Waals surface area (Å²) in [5.74, 6) is 1.13. The molecule has 0 amide bonds. The summed E-state index contributed by atoms with van der Waals surface area (Å²) >= 11 is 0. The van der Waals surface area contributed by atoms with Crippen LogP contribution in [0.3, 0.4) is 0 Å². The van der Waals surface area contributed by atoms with Crippen LogP contribution in [0.2, 0.25) is 0 Å². The van der Waals surface area contributed by atoms with E-state index in [1.807, 2.05) is 42.8 Å². The monoisotopic (exact) mass is 325 g/mol. The Balaban J connectivity index is 2.33. The van der Waals surface area contributed by atoms with Crippen LogP contribution < -0.4 is 11.1 Å². The van der Waals surface area contributed by atoms with Crippen molar-refractivity contribution in [3.05, 3.63) is 54.1 Å². The molecule has 24 heavy (non-hydrogen) atoms. The number of nitrogens with zero attached hydrogens (tertiary/aromatic N) is 3. The van der Waals surface area contributed by atoms with E-state index in [4.69, 9.17) is 5.73 Å². The van der Waals surface area contributed by atoms with E-state index in [-0.39, 0.29) is 0 Å². The lowest BCUT2D eigenvalue weighted by Gasteiger charge is -2.07. The van der Waals surface area contributed by atoms with Crippen molar-refractivity contribution < 1.29 is 0 Å². The zero-order chi connectivity index (χ0) is 17.7. The molecule has 0 saturated carbocycles. The van der Waals surface area contributed by atoms with E-state index in [1.54, 1.807) is 12.3 Å². The molecular weight excluding hydrogens is 298 g/mol. The molecule has 0 aliphatic rings. The number of aromatic nitrogens is 2. The Labute approximate surface area is 144 Å². The third-order valence-corrected chi connectivity index (χ3v) is 3.44. The Kier molecular flexibility index (Phi) is 5.79. The normalized spacial score (nSPS) is 12.7. The second kappa shape index (κ2) is 7.81. The first-order valence-corrected chi connectivity index (χ1v) is 8.30. The fourth-order valence-electron chi connectivity index (χ4n) is 2.55. The number of nitrogens with one attached hydrogen (secondary N) is 1. The topological polar surface area (TPSA) is 67.7 Å². The Morgan fingerprint density at radius 1 is 1.38 bits per heavy atom. The Bertz CT molecular complexity index is 765. The van der Waals surface area contributed by atoms with E-state index in [1.165, 1.54) is 0 Å². The minimum absolute atomic E-state index is 0.299. The lowest BCUT2D eigenvalue weighted by molar-refractivity contribution is 0.629. The van der Waals surface area contributed by atoms with Crippen LogP contribution in [0, 0.1) is 5.92 Å². The number of hydrogen-bond donors (Lipinski definition) is 2. The average Bonchev–Trinajstić information content (AvgIpc) is 2.83. The Morgan fingerprint density at radius 3 is 2.79 bits per heavy atom. The second-order valence-corrected chi connectivity index (χ2v) is 6.60. The van der Waals surface area contributed by atoms with Gasteiger partial charge < -0.3 is 11.1 Å². The molecule has 2 rings (SSSR count). The minimum atomic E-state index is 0.299. The van der Waals surface area contributed by atoms with Crippen LogP contribution in [0.15, 0.2) is 47.9 Å². The SMILES string of the molecule is C=C(N=C/C=C(\N)c1c(CC(C)C)nn2ccccc12)NC(C)C. The molecule has 2 aromatic rings. The van der Waals surface area contributed by atoms with Crippen LogP contribution in [0.25, 0.3) is 11.2 Å². The van der Waals surface area contributed by atoms with Crippen molar-refractivity contribution in [2.75, 3.05) is 0 Å². The standard InChI is InChI=1S/C19H27N5/c1-13(2)12-17-19(18-8-6-7-11-24(18)23-17)16(20)9-10-21-15(5)22-14(3)4/h6-11,13-14,22H,5,12,20H2,1-4H3/b16-9-,21-10?. The van der Waals surface area contributed by atoms with E-state index in [2.05, 4.69) is 35.8 Å². The maximum absolute atomic E-state index is 6.34. The molecule has 0 fully saturated rings. The molecule has 0 radical (unpaired) electrons. The maximum Gasteiger partial charge on any atom is 0.118 e. The quantitative estimate of drug-likeness (QED) is 0.767. The van der Waals surface area contributed by atoms with Crippen LogP contribution in [0.1, 0.15) is 39.0 Å². The first-order chi connectivity index (χ1) is 11.4. The van der Waals surface area contributed by atoms with Crippen molar-refractivity contribution >= 4 is 17.4 Å². The van der Waals surface area contributed by atoms with Crippen LogP contribution >= 0.6 is 0 Å². The molecule has 3 N–H and O–H groups in total. The van der Waals surface area contributed by atoms with Crippen molar-refractivity contribution in [1.29, 1.82) is 0 Å². The minimum Gasteiger partial charge on any atom is -0.398 e. The molecule has 2 heterocycles. The summed E-state index contributed by atoms with van der Waals surface area (Å²) in [6.07, 6.45) is 6.31. The van der Waals surface area contributed by atoms with Gasteiger partial charge in [0.05, 0.1) is 11.2 Å². The molecule has 0 unspecified atom stereocenters. The van der Waals surface area contributed by atoms with Crippen LogP contribution in [0.4, 0.5) is 0 Å². The summed E-state index contributed by atoms with van der Waals surface area (Å²) in [7, 11) is 0. The molecule has 2 aromatic heterocycles. The molecule has 0 aromatic carbocycles. The molecule has 128 valence electrons. The average molecular weight is 325 g/mol. The fraction of sp³-hybridized carbons (Fsp3) is 0.368. The van der Waals surface area contributed by atoms with Gasteiger partial charge in [-0.15, -0.1) is 0 Å². The largest absolute Gasteiger partial charge is 0.398 e. The van der Waals surface area contributed by atoms with Crippen molar-refractivity contribution in [2.45, 2.75) is 40.2 Å². The molecule has 0 bridgehead atoms. The van der Waals surface area contributed by atoms with Gasteiger partial charge in [0.15, 0.2) is 0 Å². The van der Waals surface area contributed by atoms with Crippen molar-refractivity contribution in [1.82, 2.24) is 14.9 Å². The third-order valence-electron chi connectivity index (χ3n) is 3.44. The summed E-state index contributed by atoms with van der Waals surface area (Å²) in [5.41, 5.74) is 10.0. The van der Waals surface area contributed by atoms with Crippen molar-refractivity contribution in [3.63, 3.8) is 0 Å². The van der Waals surface area contributed by atoms with E-state index in [9.17, 15) is 0 Å². The predicted octanol–water partition coefficient (Wildman–Crippen LogP) is 3.37.